The molecule has 3 aromatic carbocycles. The third kappa shape index (κ3) is 6.96. The van der Waals surface area contributed by atoms with E-state index in [0.717, 1.165) is 34.2 Å². The molecule has 1 heterocycles. The molecule has 0 aliphatic heterocycles. The maximum atomic E-state index is 13.3. The van der Waals surface area contributed by atoms with Crippen LogP contribution in [0.25, 0.3) is 16.9 Å². The number of hydrogen-bond acceptors (Lipinski definition) is 8. The molecule has 210 valence electrons. The molecule has 0 radical (unpaired) electrons. The first-order valence-corrected chi connectivity index (χ1v) is 12.4. The molecule has 2 amide bonds. The van der Waals surface area contributed by atoms with E-state index in [1.54, 1.807) is 10.7 Å². The maximum Gasteiger partial charge on any atom is 0.277 e. The van der Waals surface area contributed by atoms with Gasteiger partial charge in [0.25, 0.3) is 17.3 Å². The first-order chi connectivity index (χ1) is 19.7. The van der Waals surface area contributed by atoms with Crippen molar-refractivity contribution in [3.8, 4) is 16.9 Å². The molecule has 4 aromatic rings. The lowest BCUT2D eigenvalue weighted by Crippen LogP contribution is -2.40. The van der Waals surface area contributed by atoms with Gasteiger partial charge in [0.1, 0.15) is 12.4 Å². The lowest BCUT2D eigenvalue weighted by Gasteiger charge is -2.22. The summed E-state index contributed by atoms with van der Waals surface area (Å²) >= 11 is 0. The van der Waals surface area contributed by atoms with Crippen LogP contribution < -0.4 is 5.32 Å². The van der Waals surface area contributed by atoms with E-state index >= 15 is 0 Å². The number of nitro benzene ring substituents is 2. The molecule has 13 nitrogen and oxygen atoms in total. The lowest BCUT2D eigenvalue weighted by atomic mass is 10.1. The molecule has 0 saturated carbocycles. The number of nitro groups is 2. The number of ether oxygens (including phenoxy) is 1. The van der Waals surface area contributed by atoms with E-state index in [9.17, 15) is 29.8 Å². The fourth-order valence-corrected chi connectivity index (χ4v) is 4.02. The molecule has 0 spiro atoms. The summed E-state index contributed by atoms with van der Waals surface area (Å²) in [6.07, 6.45) is 0. The highest BCUT2D eigenvalue weighted by Crippen LogP contribution is 2.26. The van der Waals surface area contributed by atoms with E-state index in [1.165, 1.54) is 7.11 Å². The first-order valence-electron chi connectivity index (χ1n) is 12.4. The number of non-ortho nitro benzene ring substituents is 2. The summed E-state index contributed by atoms with van der Waals surface area (Å²) in [6.45, 7) is 1.49. The minimum atomic E-state index is -0.827. The molecule has 0 aliphatic carbocycles. The third-order valence-corrected chi connectivity index (χ3v) is 6.08. The van der Waals surface area contributed by atoms with E-state index in [0.29, 0.717) is 17.2 Å². The number of carbonyl (C=O) groups is 2. The lowest BCUT2D eigenvalue weighted by molar-refractivity contribution is -0.394. The molecule has 0 bridgehead atoms. The van der Waals surface area contributed by atoms with Crippen LogP contribution in [0.3, 0.4) is 0 Å². The second-order valence-corrected chi connectivity index (χ2v) is 9.05. The third-order valence-electron chi connectivity index (χ3n) is 6.08. The van der Waals surface area contributed by atoms with E-state index in [1.807, 2.05) is 61.5 Å². The van der Waals surface area contributed by atoms with Crippen LogP contribution >= 0.6 is 0 Å². The van der Waals surface area contributed by atoms with Crippen LogP contribution in [0.5, 0.6) is 0 Å². The predicted octanol–water partition coefficient (Wildman–Crippen LogP) is 4.39. The van der Waals surface area contributed by atoms with Gasteiger partial charge < -0.3 is 15.0 Å². The molecular weight excluding hydrogens is 532 g/mol. The summed E-state index contributed by atoms with van der Waals surface area (Å²) in [5, 5.41) is 30.1. The van der Waals surface area contributed by atoms with Gasteiger partial charge in [-0.2, -0.15) is 5.10 Å². The number of methoxy groups -OCH3 is 1. The van der Waals surface area contributed by atoms with Crippen LogP contribution in [0.4, 0.5) is 17.2 Å². The van der Waals surface area contributed by atoms with Crippen molar-refractivity contribution in [2.75, 3.05) is 32.1 Å². The van der Waals surface area contributed by atoms with Gasteiger partial charge in [-0.3, -0.25) is 29.8 Å². The number of rotatable bonds is 11. The fourth-order valence-electron chi connectivity index (χ4n) is 4.02. The van der Waals surface area contributed by atoms with Gasteiger partial charge in [-0.15, -0.1) is 0 Å². The fraction of sp³-hybridized carbons (Fsp3) is 0.179. The molecule has 0 fully saturated rings. The zero-order valence-electron chi connectivity index (χ0n) is 22.2. The Kier molecular flexibility index (Phi) is 8.79. The van der Waals surface area contributed by atoms with E-state index in [4.69, 9.17) is 4.74 Å². The van der Waals surface area contributed by atoms with Crippen LogP contribution in [0.2, 0.25) is 0 Å². The number of amides is 2. The molecule has 0 unspecified atom stereocenters. The summed E-state index contributed by atoms with van der Waals surface area (Å²) in [4.78, 5) is 48.6. The van der Waals surface area contributed by atoms with Crippen molar-refractivity contribution in [3.63, 3.8) is 0 Å². The Bertz CT molecular complexity index is 1550. The Morgan fingerprint density at radius 1 is 0.951 bits per heavy atom. The number of hydrogen-bond donors (Lipinski definition) is 1. The van der Waals surface area contributed by atoms with E-state index in [-0.39, 0.29) is 18.7 Å². The maximum absolute atomic E-state index is 13.3. The van der Waals surface area contributed by atoms with Crippen molar-refractivity contribution < 1.29 is 24.2 Å². The van der Waals surface area contributed by atoms with Crippen LogP contribution in [0, 0.1) is 27.2 Å². The second-order valence-electron chi connectivity index (χ2n) is 9.05. The minimum Gasteiger partial charge on any atom is -0.383 e. The van der Waals surface area contributed by atoms with Gasteiger partial charge in [0.2, 0.25) is 5.91 Å². The highest BCUT2D eigenvalue weighted by atomic mass is 16.6. The predicted molar refractivity (Wildman–Crippen MR) is 150 cm³/mol. The summed E-state index contributed by atoms with van der Waals surface area (Å²) < 4.78 is 6.64. The molecule has 4 rings (SSSR count). The van der Waals surface area contributed by atoms with Crippen molar-refractivity contribution in [2.24, 2.45) is 0 Å². The largest absolute Gasteiger partial charge is 0.383 e. The topological polar surface area (TPSA) is 163 Å². The first kappa shape index (κ1) is 28.6. The Hall–Kier alpha value is -5.43. The highest BCUT2D eigenvalue weighted by molar-refractivity contribution is 6.00. The Morgan fingerprint density at radius 2 is 1.59 bits per heavy atom. The molecule has 1 N–H and O–H groups in total. The zero-order valence-corrected chi connectivity index (χ0v) is 22.2. The van der Waals surface area contributed by atoms with Crippen LogP contribution in [0.15, 0.2) is 78.9 Å². The van der Waals surface area contributed by atoms with Crippen LogP contribution in [0.1, 0.15) is 15.9 Å². The van der Waals surface area contributed by atoms with Gasteiger partial charge in [0.05, 0.1) is 39.5 Å². The number of nitrogens with zero attached hydrogens (tertiary/aromatic N) is 5. The molecule has 1 aromatic heterocycles. The number of benzene rings is 3. The van der Waals surface area contributed by atoms with Gasteiger partial charge in [-0.25, -0.2) is 4.68 Å². The molecular formula is C28H26N6O7. The quantitative estimate of drug-likeness (QED) is 0.209. The number of carbonyl (C=O) groups excluding carboxylic acids is 2. The van der Waals surface area contributed by atoms with E-state index < -0.39 is 39.6 Å². The summed E-state index contributed by atoms with van der Waals surface area (Å²) in [6, 6.07) is 21.3. The van der Waals surface area contributed by atoms with Crippen molar-refractivity contribution in [3.05, 3.63) is 110 Å². The minimum absolute atomic E-state index is 0.0499. The average Bonchev–Trinajstić information content (AvgIpc) is 3.38. The molecule has 0 saturated heterocycles. The summed E-state index contributed by atoms with van der Waals surface area (Å²) in [5.74, 6) is -1.04. The van der Waals surface area contributed by atoms with E-state index in [2.05, 4.69) is 10.4 Å². The Balaban J connectivity index is 1.63. The summed E-state index contributed by atoms with van der Waals surface area (Å²) in [5.41, 5.74) is 1.65. The van der Waals surface area contributed by atoms with Gasteiger partial charge in [-0.05, 0) is 19.1 Å². The van der Waals surface area contributed by atoms with Crippen LogP contribution in [-0.2, 0) is 9.53 Å². The van der Waals surface area contributed by atoms with Gasteiger partial charge in [-0.1, -0.05) is 48.0 Å². The normalized spacial score (nSPS) is 10.7. The summed E-state index contributed by atoms with van der Waals surface area (Å²) in [7, 11) is 1.41. The number of aryl methyl sites for hydroxylation is 1. The van der Waals surface area contributed by atoms with Gasteiger partial charge >= 0.3 is 0 Å². The van der Waals surface area contributed by atoms with Crippen molar-refractivity contribution in [1.29, 1.82) is 0 Å². The zero-order chi connectivity index (χ0) is 29.5. The number of anilines is 1. The SMILES string of the molecule is COCCN(CC(=O)Nc1cc(-c2ccccc2)nn1-c1ccc(C)cc1)C(=O)c1cc([N+](=O)[O-])cc([N+](=O)[O-])c1. The monoisotopic (exact) mass is 558 g/mol. The number of nitrogens with one attached hydrogen (secondary N) is 1. The second kappa shape index (κ2) is 12.6. The molecule has 13 heteroatoms. The molecule has 0 atom stereocenters. The molecule has 41 heavy (non-hydrogen) atoms. The molecule has 0 aliphatic rings. The van der Waals surface area contributed by atoms with Gasteiger partial charge in [0.15, 0.2) is 0 Å². The number of aromatic nitrogens is 2. The average molecular weight is 559 g/mol. The van der Waals surface area contributed by atoms with Crippen molar-refractivity contribution in [1.82, 2.24) is 14.7 Å². The Morgan fingerprint density at radius 3 is 2.17 bits per heavy atom. The Labute approximate surface area is 234 Å². The van der Waals surface area contributed by atoms with Crippen molar-refractivity contribution in [2.45, 2.75) is 6.92 Å². The standard InChI is InChI=1S/C28H26N6O7/c1-19-8-10-22(11-9-19)32-26(17-25(30-32)20-6-4-3-5-7-20)29-27(35)18-31(12-13-41-2)28(36)21-14-23(33(37)38)16-24(15-21)34(39)40/h3-11,14-17H,12-13,18H2,1-2H3,(H,29,35). The van der Waals surface area contributed by atoms with Gasteiger partial charge in [0, 0.05) is 37.4 Å². The van der Waals surface area contributed by atoms with Crippen molar-refractivity contribution >= 4 is 29.0 Å². The highest BCUT2D eigenvalue weighted by Gasteiger charge is 2.25. The smallest absolute Gasteiger partial charge is 0.277 e. The van der Waals surface area contributed by atoms with Crippen LogP contribution in [-0.4, -0.2) is 63.1 Å².